The Morgan fingerprint density at radius 2 is 1.67 bits per heavy atom. The van der Waals surface area contributed by atoms with Gasteiger partial charge in [-0.15, -0.1) is 0 Å². The predicted octanol–water partition coefficient (Wildman–Crippen LogP) is 6.57. The fraction of sp³-hybridized carbons (Fsp3) is 0.115. The summed E-state index contributed by atoms with van der Waals surface area (Å²) < 4.78 is 5.79. The van der Waals surface area contributed by atoms with Gasteiger partial charge in [0, 0.05) is 22.0 Å². The molecule has 0 spiro atoms. The highest BCUT2D eigenvalue weighted by Gasteiger charge is 2.34. The van der Waals surface area contributed by atoms with Crippen molar-refractivity contribution < 1.29 is 4.52 Å². The quantitative estimate of drug-likeness (QED) is 0.339. The molecule has 33 heavy (non-hydrogen) atoms. The van der Waals surface area contributed by atoms with Crippen LogP contribution in [0, 0.1) is 6.92 Å². The molecule has 0 radical (unpaired) electrons. The van der Waals surface area contributed by atoms with Gasteiger partial charge in [-0.25, -0.2) is 0 Å². The maximum Gasteiger partial charge on any atom is 0.258 e. The van der Waals surface area contributed by atoms with Gasteiger partial charge in [0.05, 0.1) is 11.6 Å². The molecular weight excluding hydrogens is 452 g/mol. The van der Waals surface area contributed by atoms with Gasteiger partial charge in [-0.3, -0.25) is 4.90 Å². The summed E-state index contributed by atoms with van der Waals surface area (Å²) in [4.78, 5) is 6.70. The molecule has 0 amide bonds. The summed E-state index contributed by atoms with van der Waals surface area (Å²) in [5.74, 6) is 0.981. The van der Waals surface area contributed by atoms with Gasteiger partial charge in [-0.05, 0) is 49.3 Å². The highest BCUT2D eigenvalue weighted by atomic mass is 35.5. The first-order valence-corrected chi connectivity index (χ1v) is 11.3. The third-order valence-electron chi connectivity index (χ3n) is 5.72. The topological polar surface area (TPSA) is 54.2 Å². The molecule has 4 aromatic rings. The maximum absolute atomic E-state index is 6.43. The van der Waals surface area contributed by atoms with E-state index in [0.29, 0.717) is 21.9 Å². The normalized spacial score (nSPS) is 16.2. The van der Waals surface area contributed by atoms with E-state index in [1.807, 2.05) is 85.5 Å². The summed E-state index contributed by atoms with van der Waals surface area (Å²) in [7, 11) is 0. The lowest BCUT2D eigenvalue weighted by atomic mass is 9.94. The van der Waals surface area contributed by atoms with E-state index in [1.54, 1.807) is 0 Å². The van der Waals surface area contributed by atoms with Gasteiger partial charge < -0.3 is 9.84 Å². The lowest BCUT2D eigenvalue weighted by molar-refractivity contribution is 0.404. The predicted molar refractivity (Wildman–Crippen MR) is 136 cm³/mol. The van der Waals surface area contributed by atoms with Crippen LogP contribution in [0.15, 0.2) is 89.1 Å². The number of nitrogens with one attached hydrogen (secondary N) is 1. The van der Waals surface area contributed by atoms with Gasteiger partial charge in [0.25, 0.3) is 5.89 Å². The van der Waals surface area contributed by atoms with Crippen molar-refractivity contribution in [3.05, 3.63) is 107 Å². The Bertz CT molecular complexity index is 1350. The van der Waals surface area contributed by atoms with Gasteiger partial charge in [0.1, 0.15) is 0 Å². The molecule has 3 aromatic carbocycles. The van der Waals surface area contributed by atoms with Crippen molar-refractivity contribution in [2.45, 2.75) is 19.9 Å². The minimum Gasteiger partial charge on any atom is -0.351 e. The average Bonchev–Trinajstić information content (AvgIpc) is 3.32. The highest BCUT2D eigenvalue weighted by Crippen LogP contribution is 2.39. The molecule has 1 aliphatic rings. The van der Waals surface area contributed by atoms with Gasteiger partial charge in [0.2, 0.25) is 5.82 Å². The SMILES string of the molecule is CC1=C(c2nc(-c3ccccc3)no2)C(c2ccccc2)NC(=S)N1c1ccc(C)c(Cl)c1. The van der Waals surface area contributed by atoms with Crippen LogP contribution in [-0.2, 0) is 0 Å². The van der Waals surface area contributed by atoms with E-state index in [4.69, 9.17) is 33.3 Å². The molecule has 1 unspecified atom stereocenters. The van der Waals surface area contributed by atoms with Crippen molar-refractivity contribution in [2.75, 3.05) is 4.90 Å². The third kappa shape index (κ3) is 4.03. The third-order valence-corrected chi connectivity index (χ3v) is 6.43. The minimum absolute atomic E-state index is 0.236. The Hall–Kier alpha value is -3.48. The smallest absolute Gasteiger partial charge is 0.258 e. The molecule has 1 aromatic heterocycles. The fourth-order valence-electron chi connectivity index (χ4n) is 3.98. The highest BCUT2D eigenvalue weighted by molar-refractivity contribution is 7.80. The summed E-state index contributed by atoms with van der Waals surface area (Å²) in [5.41, 5.74) is 5.58. The summed E-state index contributed by atoms with van der Waals surface area (Å²) in [6.07, 6.45) is 0. The summed E-state index contributed by atoms with van der Waals surface area (Å²) in [5, 5.41) is 8.97. The number of benzene rings is 3. The zero-order chi connectivity index (χ0) is 22.9. The number of hydrogen-bond acceptors (Lipinski definition) is 4. The van der Waals surface area contributed by atoms with Crippen molar-refractivity contribution in [3.8, 4) is 11.4 Å². The van der Waals surface area contributed by atoms with Gasteiger partial charge in [-0.2, -0.15) is 4.98 Å². The number of aromatic nitrogens is 2. The number of rotatable bonds is 4. The second-order valence-electron chi connectivity index (χ2n) is 7.85. The Morgan fingerprint density at radius 1 is 0.970 bits per heavy atom. The second kappa shape index (κ2) is 8.81. The van der Waals surface area contributed by atoms with Gasteiger partial charge in [-0.1, -0.05) is 83.5 Å². The molecule has 1 N–H and O–H groups in total. The summed E-state index contributed by atoms with van der Waals surface area (Å²) >= 11 is 12.2. The van der Waals surface area contributed by atoms with E-state index in [2.05, 4.69) is 22.6 Å². The molecule has 1 atom stereocenters. The second-order valence-corrected chi connectivity index (χ2v) is 8.64. The van der Waals surface area contributed by atoms with Crippen molar-refractivity contribution in [1.29, 1.82) is 0 Å². The molecule has 0 fully saturated rings. The largest absolute Gasteiger partial charge is 0.351 e. The molecular formula is C26H21ClN4OS. The van der Waals surface area contributed by atoms with Gasteiger partial charge in [0.15, 0.2) is 5.11 Å². The standard InChI is InChI=1S/C26H21ClN4OS/c1-16-13-14-20(15-21(16)27)31-17(2)22(23(28-26(31)33)18-9-5-3-6-10-18)25-29-24(30-32-25)19-11-7-4-8-12-19/h3-15,23H,1-2H3,(H,28,33). The monoisotopic (exact) mass is 472 g/mol. The van der Waals surface area contributed by atoms with Crippen molar-refractivity contribution in [1.82, 2.24) is 15.5 Å². The molecule has 0 aliphatic carbocycles. The van der Waals surface area contributed by atoms with Crippen LogP contribution in [0.5, 0.6) is 0 Å². The van der Waals surface area contributed by atoms with Crippen molar-refractivity contribution >= 4 is 40.2 Å². The molecule has 0 bridgehead atoms. The Kier molecular flexibility index (Phi) is 5.70. The Labute approximate surface area is 202 Å². The molecule has 0 saturated carbocycles. The number of anilines is 1. The van der Waals surface area contributed by atoms with Crippen LogP contribution in [0.2, 0.25) is 5.02 Å². The zero-order valence-electron chi connectivity index (χ0n) is 18.1. The molecule has 1 aliphatic heterocycles. The first kappa shape index (κ1) is 21.4. The number of allylic oxidation sites excluding steroid dienone is 1. The fourth-order valence-corrected chi connectivity index (χ4v) is 4.52. The van der Waals surface area contributed by atoms with Crippen LogP contribution < -0.4 is 10.2 Å². The summed E-state index contributed by atoms with van der Waals surface area (Å²) in [6.45, 7) is 3.99. The van der Waals surface area contributed by atoms with E-state index in [0.717, 1.165) is 33.6 Å². The molecule has 7 heteroatoms. The van der Waals surface area contributed by atoms with Crippen LogP contribution in [0.1, 0.15) is 30.0 Å². The number of hydrogen-bond donors (Lipinski definition) is 1. The summed E-state index contributed by atoms with van der Waals surface area (Å²) in [6, 6.07) is 25.5. The van der Waals surface area contributed by atoms with E-state index in [1.165, 1.54) is 0 Å². The minimum atomic E-state index is -0.236. The van der Waals surface area contributed by atoms with Crippen LogP contribution in [-0.4, -0.2) is 15.3 Å². The Balaban J connectivity index is 1.66. The van der Waals surface area contributed by atoms with Crippen LogP contribution in [0.4, 0.5) is 5.69 Å². The van der Waals surface area contributed by atoms with E-state index in [-0.39, 0.29) is 6.04 Å². The van der Waals surface area contributed by atoms with E-state index in [9.17, 15) is 0 Å². The molecule has 5 nitrogen and oxygen atoms in total. The number of thiocarbonyl (C=S) groups is 1. The zero-order valence-corrected chi connectivity index (χ0v) is 19.7. The molecule has 5 rings (SSSR count). The van der Waals surface area contributed by atoms with Crippen LogP contribution in [0.25, 0.3) is 17.0 Å². The lowest BCUT2D eigenvalue weighted by Crippen LogP contribution is -2.46. The van der Waals surface area contributed by atoms with Crippen molar-refractivity contribution in [2.24, 2.45) is 0 Å². The van der Waals surface area contributed by atoms with E-state index < -0.39 is 0 Å². The molecule has 0 saturated heterocycles. The van der Waals surface area contributed by atoms with Gasteiger partial charge >= 0.3 is 0 Å². The first-order valence-electron chi connectivity index (χ1n) is 10.5. The van der Waals surface area contributed by atoms with Crippen molar-refractivity contribution in [3.63, 3.8) is 0 Å². The Morgan fingerprint density at radius 3 is 2.36 bits per heavy atom. The molecule has 2 heterocycles. The molecule has 164 valence electrons. The van der Waals surface area contributed by atoms with E-state index >= 15 is 0 Å². The number of nitrogens with zero attached hydrogens (tertiary/aromatic N) is 3. The van der Waals surface area contributed by atoms with Crippen LogP contribution >= 0.6 is 23.8 Å². The average molecular weight is 473 g/mol. The first-order chi connectivity index (χ1) is 16.0. The van der Waals surface area contributed by atoms with Crippen LogP contribution in [0.3, 0.4) is 0 Å². The lowest BCUT2D eigenvalue weighted by Gasteiger charge is -2.37. The number of halogens is 1. The number of aryl methyl sites for hydroxylation is 1. The maximum atomic E-state index is 6.43.